The molecule has 3 heteroatoms. The van der Waals surface area contributed by atoms with E-state index in [4.69, 9.17) is 0 Å². The van der Waals surface area contributed by atoms with E-state index >= 15 is 0 Å². The summed E-state index contributed by atoms with van der Waals surface area (Å²) in [5.74, 6) is 0. The van der Waals surface area contributed by atoms with E-state index in [0.717, 1.165) is 25.7 Å². The van der Waals surface area contributed by atoms with Gasteiger partial charge in [-0.25, -0.2) is 8.42 Å². The average molecular weight is 170 g/mol. The van der Waals surface area contributed by atoms with Crippen molar-refractivity contribution in [1.82, 2.24) is 0 Å². The Morgan fingerprint density at radius 1 is 1.00 bits per heavy atom. The monoisotopic (exact) mass is 170 g/mol. The van der Waals surface area contributed by atoms with Crippen LogP contribution in [0.25, 0.3) is 0 Å². The van der Waals surface area contributed by atoms with Crippen molar-refractivity contribution in [2.24, 2.45) is 0 Å². The van der Waals surface area contributed by atoms with Crippen LogP contribution in [0.3, 0.4) is 0 Å². The van der Waals surface area contributed by atoms with Crippen LogP contribution in [0.1, 0.15) is 25.7 Å². The quantitative estimate of drug-likeness (QED) is 0.632. The normalized spacial score (nSPS) is 22.9. The Bertz CT molecular complexity index is 305. The Balaban J connectivity index is 2.35. The van der Waals surface area contributed by atoms with Crippen LogP contribution in [0.2, 0.25) is 0 Å². The standard InChI is InChI=1S/C8H10O2S/c9-11(10,7-3-1-4-7)8-5-2-6-8/h3,5H,1-2,4,6H2. The first-order valence-corrected chi connectivity index (χ1v) is 5.33. The van der Waals surface area contributed by atoms with Crippen LogP contribution in [0, 0.1) is 0 Å². The van der Waals surface area contributed by atoms with Crippen molar-refractivity contribution < 1.29 is 8.42 Å². The summed E-state index contributed by atoms with van der Waals surface area (Å²) in [6.07, 6.45) is 6.99. The molecule has 0 heterocycles. The minimum absolute atomic E-state index is 0.642. The first kappa shape index (κ1) is 7.10. The molecule has 0 aromatic heterocycles. The van der Waals surface area contributed by atoms with Crippen LogP contribution in [-0.4, -0.2) is 8.42 Å². The Morgan fingerprint density at radius 3 is 1.55 bits per heavy atom. The zero-order valence-corrected chi connectivity index (χ0v) is 7.02. The summed E-state index contributed by atoms with van der Waals surface area (Å²) in [6, 6.07) is 0. The Kier molecular flexibility index (Phi) is 1.42. The molecule has 11 heavy (non-hydrogen) atoms. The van der Waals surface area contributed by atoms with Crippen molar-refractivity contribution in [3.63, 3.8) is 0 Å². The van der Waals surface area contributed by atoms with Gasteiger partial charge < -0.3 is 0 Å². The van der Waals surface area contributed by atoms with Crippen LogP contribution in [-0.2, 0) is 9.84 Å². The average Bonchev–Trinajstić information content (AvgIpc) is 1.46. The Labute approximate surface area is 66.5 Å². The number of sulfone groups is 1. The zero-order valence-electron chi connectivity index (χ0n) is 6.21. The van der Waals surface area contributed by atoms with E-state index in [0.29, 0.717) is 9.81 Å². The lowest BCUT2D eigenvalue weighted by atomic mass is 10.1. The molecule has 0 atom stereocenters. The summed E-state index contributed by atoms with van der Waals surface area (Å²) in [7, 11) is -2.94. The number of allylic oxidation sites excluding steroid dienone is 4. The highest BCUT2D eigenvalue weighted by Gasteiger charge is 2.28. The van der Waals surface area contributed by atoms with Crippen molar-refractivity contribution in [1.29, 1.82) is 0 Å². The summed E-state index contributed by atoms with van der Waals surface area (Å²) in [5.41, 5.74) is 0. The van der Waals surface area contributed by atoms with E-state index in [-0.39, 0.29) is 0 Å². The maximum atomic E-state index is 11.5. The second-order valence-electron chi connectivity index (χ2n) is 2.92. The van der Waals surface area contributed by atoms with E-state index in [9.17, 15) is 8.42 Å². The van der Waals surface area contributed by atoms with E-state index in [1.54, 1.807) is 0 Å². The highest BCUT2D eigenvalue weighted by atomic mass is 32.2. The minimum Gasteiger partial charge on any atom is -0.219 e. The molecule has 0 spiro atoms. The van der Waals surface area contributed by atoms with Crippen LogP contribution in [0.5, 0.6) is 0 Å². The zero-order chi connectivity index (χ0) is 7.90. The summed E-state index contributed by atoms with van der Waals surface area (Å²) in [5, 5.41) is 0. The van der Waals surface area contributed by atoms with Crippen LogP contribution >= 0.6 is 0 Å². The molecule has 2 aliphatic carbocycles. The Hall–Kier alpha value is -0.570. The van der Waals surface area contributed by atoms with Gasteiger partial charge in [-0.2, -0.15) is 0 Å². The fraction of sp³-hybridized carbons (Fsp3) is 0.500. The summed E-state index contributed by atoms with van der Waals surface area (Å²) >= 11 is 0. The van der Waals surface area contributed by atoms with Gasteiger partial charge in [0.15, 0.2) is 9.84 Å². The van der Waals surface area contributed by atoms with E-state index in [1.807, 2.05) is 12.2 Å². The molecule has 2 aliphatic rings. The maximum Gasteiger partial charge on any atom is 0.198 e. The van der Waals surface area contributed by atoms with Crippen molar-refractivity contribution >= 4 is 9.84 Å². The summed E-state index contributed by atoms with van der Waals surface area (Å²) < 4.78 is 22.9. The van der Waals surface area contributed by atoms with Gasteiger partial charge in [0, 0.05) is 9.81 Å². The van der Waals surface area contributed by atoms with Gasteiger partial charge in [0.05, 0.1) is 0 Å². The molecule has 2 nitrogen and oxygen atoms in total. The molecule has 0 aromatic rings. The molecule has 0 aliphatic heterocycles. The molecule has 0 amide bonds. The minimum atomic E-state index is -2.94. The van der Waals surface area contributed by atoms with E-state index in [1.165, 1.54) is 0 Å². The van der Waals surface area contributed by atoms with Crippen molar-refractivity contribution in [2.45, 2.75) is 25.7 Å². The third-order valence-electron chi connectivity index (χ3n) is 2.22. The summed E-state index contributed by atoms with van der Waals surface area (Å²) in [4.78, 5) is 1.28. The molecule has 0 unspecified atom stereocenters. The van der Waals surface area contributed by atoms with Crippen LogP contribution in [0.15, 0.2) is 22.0 Å². The molecule has 0 saturated heterocycles. The fourth-order valence-corrected chi connectivity index (χ4v) is 2.97. The molecule has 0 N–H and O–H groups in total. The largest absolute Gasteiger partial charge is 0.219 e. The third-order valence-corrected chi connectivity index (χ3v) is 4.34. The number of hydrogen-bond acceptors (Lipinski definition) is 2. The predicted molar refractivity (Wildman–Crippen MR) is 43.6 cm³/mol. The molecular formula is C8H10O2S. The maximum absolute atomic E-state index is 11.5. The van der Waals surface area contributed by atoms with Gasteiger partial charge in [0.1, 0.15) is 0 Å². The second kappa shape index (κ2) is 2.21. The highest BCUT2D eigenvalue weighted by molar-refractivity contribution is 7.99. The van der Waals surface area contributed by atoms with Crippen LogP contribution < -0.4 is 0 Å². The van der Waals surface area contributed by atoms with Crippen molar-refractivity contribution in [3.05, 3.63) is 22.0 Å². The smallest absolute Gasteiger partial charge is 0.198 e. The van der Waals surface area contributed by atoms with E-state index < -0.39 is 9.84 Å². The van der Waals surface area contributed by atoms with Gasteiger partial charge in [0.25, 0.3) is 0 Å². The predicted octanol–water partition coefficient (Wildman–Crippen LogP) is 1.76. The molecule has 0 aromatic carbocycles. The number of rotatable bonds is 2. The highest BCUT2D eigenvalue weighted by Crippen LogP contribution is 2.34. The van der Waals surface area contributed by atoms with Crippen molar-refractivity contribution in [3.8, 4) is 0 Å². The lowest BCUT2D eigenvalue weighted by molar-refractivity contribution is 0.599. The second-order valence-corrected chi connectivity index (χ2v) is 4.98. The van der Waals surface area contributed by atoms with Gasteiger partial charge in [-0.15, -0.1) is 0 Å². The molecule has 0 bridgehead atoms. The van der Waals surface area contributed by atoms with Gasteiger partial charge in [-0.3, -0.25) is 0 Å². The first-order valence-electron chi connectivity index (χ1n) is 3.84. The Morgan fingerprint density at radius 2 is 1.36 bits per heavy atom. The molecule has 0 fully saturated rings. The molecule has 2 rings (SSSR count). The molecular weight excluding hydrogens is 160 g/mol. The van der Waals surface area contributed by atoms with Gasteiger partial charge in [-0.05, 0) is 25.7 Å². The third kappa shape index (κ3) is 0.948. The molecule has 0 saturated carbocycles. The first-order chi connectivity index (χ1) is 5.21. The van der Waals surface area contributed by atoms with Crippen LogP contribution in [0.4, 0.5) is 0 Å². The van der Waals surface area contributed by atoms with Gasteiger partial charge in [-0.1, -0.05) is 12.2 Å². The van der Waals surface area contributed by atoms with E-state index in [2.05, 4.69) is 0 Å². The molecule has 0 radical (unpaired) electrons. The lowest BCUT2D eigenvalue weighted by Crippen LogP contribution is -2.14. The van der Waals surface area contributed by atoms with Crippen molar-refractivity contribution in [2.75, 3.05) is 0 Å². The van der Waals surface area contributed by atoms with Gasteiger partial charge >= 0.3 is 0 Å². The van der Waals surface area contributed by atoms with Gasteiger partial charge in [0.2, 0.25) is 0 Å². The summed E-state index contributed by atoms with van der Waals surface area (Å²) in [6.45, 7) is 0. The topological polar surface area (TPSA) is 34.1 Å². The fourth-order valence-electron chi connectivity index (χ4n) is 1.18. The number of hydrogen-bond donors (Lipinski definition) is 0. The SMILES string of the molecule is O=S(=O)(C1=CCC1)C1=CCC1. The lowest BCUT2D eigenvalue weighted by Gasteiger charge is -2.20. The molecule has 60 valence electrons.